The molecule has 3 heterocycles. The molecule has 4 rings (SSSR count). The van der Waals surface area contributed by atoms with Crippen molar-refractivity contribution in [1.82, 2.24) is 14.8 Å². The fourth-order valence-corrected chi connectivity index (χ4v) is 5.36. The van der Waals surface area contributed by atoms with Gasteiger partial charge >= 0.3 is 5.97 Å². The summed E-state index contributed by atoms with van der Waals surface area (Å²) in [7, 11) is 0. The molecule has 2 aliphatic rings. The van der Waals surface area contributed by atoms with Crippen molar-refractivity contribution in [2.24, 2.45) is 0 Å². The average molecular weight is 450 g/mol. The summed E-state index contributed by atoms with van der Waals surface area (Å²) < 4.78 is 7.28. The molecule has 1 saturated heterocycles. The third-order valence-corrected chi connectivity index (χ3v) is 7.25. The molecular formula is C20H27N5O3S2. The highest BCUT2D eigenvalue weighted by Crippen LogP contribution is 2.41. The monoisotopic (exact) mass is 449 g/mol. The van der Waals surface area contributed by atoms with Crippen LogP contribution in [-0.4, -0.2) is 52.1 Å². The largest absolute Gasteiger partial charge is 0.462 e. The lowest BCUT2D eigenvalue weighted by Gasteiger charge is -2.27. The second kappa shape index (κ2) is 9.38. The topological polar surface area (TPSA) is 89.3 Å². The summed E-state index contributed by atoms with van der Waals surface area (Å²) >= 11 is 2.66. The van der Waals surface area contributed by atoms with Crippen LogP contribution in [0.5, 0.6) is 0 Å². The van der Waals surface area contributed by atoms with Gasteiger partial charge in [-0.05, 0) is 57.6 Å². The molecule has 2 fully saturated rings. The zero-order valence-corrected chi connectivity index (χ0v) is 19.0. The number of carbonyl (C=O) groups is 2. The van der Waals surface area contributed by atoms with E-state index in [-0.39, 0.29) is 17.6 Å². The summed E-state index contributed by atoms with van der Waals surface area (Å²) in [5.74, 6) is 0.726. The molecule has 162 valence electrons. The van der Waals surface area contributed by atoms with Gasteiger partial charge in [0.1, 0.15) is 4.88 Å². The number of hydrogen-bond donors (Lipinski definition) is 1. The highest BCUT2D eigenvalue weighted by molar-refractivity contribution is 7.99. The van der Waals surface area contributed by atoms with Gasteiger partial charge in [-0.2, -0.15) is 0 Å². The van der Waals surface area contributed by atoms with E-state index < -0.39 is 0 Å². The summed E-state index contributed by atoms with van der Waals surface area (Å²) in [4.78, 5) is 27.3. The summed E-state index contributed by atoms with van der Waals surface area (Å²) in [5, 5.41) is 13.2. The van der Waals surface area contributed by atoms with Crippen LogP contribution in [-0.2, 0) is 9.53 Å². The van der Waals surface area contributed by atoms with Crippen molar-refractivity contribution in [2.45, 2.75) is 57.1 Å². The average Bonchev–Trinajstić information content (AvgIpc) is 3.38. The lowest BCUT2D eigenvalue weighted by Crippen LogP contribution is -2.32. The number of piperidine rings is 1. The van der Waals surface area contributed by atoms with Crippen molar-refractivity contribution in [3.05, 3.63) is 16.5 Å². The molecule has 2 aromatic heterocycles. The maximum Gasteiger partial charge on any atom is 0.348 e. The van der Waals surface area contributed by atoms with Gasteiger partial charge in [-0.25, -0.2) is 4.79 Å². The number of thiophene rings is 1. The summed E-state index contributed by atoms with van der Waals surface area (Å²) in [6, 6.07) is 2.26. The standard InChI is InChI=1S/C20H27N5O3S2/c1-3-28-18(27)17-13(2)11-16(30-17)21-15(26)12-29-20-23-22-19(25(20)14-7-8-14)24-9-5-4-6-10-24/h11,14H,3-10,12H2,1-2H3,(H,21,26). The maximum atomic E-state index is 12.5. The van der Waals surface area contributed by atoms with Gasteiger partial charge in [-0.3, -0.25) is 9.36 Å². The molecule has 1 N–H and O–H groups in total. The number of hydrogen-bond acceptors (Lipinski definition) is 8. The van der Waals surface area contributed by atoms with Gasteiger partial charge in [-0.1, -0.05) is 11.8 Å². The van der Waals surface area contributed by atoms with E-state index in [1.807, 2.05) is 6.92 Å². The minimum Gasteiger partial charge on any atom is -0.462 e. The molecule has 30 heavy (non-hydrogen) atoms. The smallest absolute Gasteiger partial charge is 0.348 e. The molecular weight excluding hydrogens is 422 g/mol. The molecule has 0 atom stereocenters. The lowest BCUT2D eigenvalue weighted by molar-refractivity contribution is -0.113. The van der Waals surface area contributed by atoms with Crippen molar-refractivity contribution in [1.29, 1.82) is 0 Å². The van der Waals surface area contributed by atoms with E-state index in [1.165, 1.54) is 42.4 Å². The Morgan fingerprint density at radius 1 is 1.27 bits per heavy atom. The van der Waals surface area contributed by atoms with Crippen LogP contribution in [0.15, 0.2) is 11.2 Å². The molecule has 1 aliphatic heterocycles. The minimum atomic E-state index is -0.349. The summed E-state index contributed by atoms with van der Waals surface area (Å²) in [6.45, 7) is 5.99. The Balaban J connectivity index is 1.38. The molecule has 0 spiro atoms. The molecule has 1 saturated carbocycles. The van der Waals surface area contributed by atoms with Gasteiger partial charge < -0.3 is 15.0 Å². The molecule has 1 aliphatic carbocycles. The molecule has 2 aromatic rings. The van der Waals surface area contributed by atoms with E-state index in [4.69, 9.17) is 4.74 Å². The van der Waals surface area contributed by atoms with Crippen molar-refractivity contribution in [2.75, 3.05) is 35.7 Å². The third kappa shape index (κ3) is 4.80. The van der Waals surface area contributed by atoms with Gasteiger partial charge in [0.15, 0.2) is 5.16 Å². The Morgan fingerprint density at radius 2 is 2.03 bits per heavy atom. The number of esters is 1. The number of rotatable bonds is 8. The fraction of sp³-hybridized carbons (Fsp3) is 0.600. The SMILES string of the molecule is CCOC(=O)c1sc(NC(=O)CSc2nnc(N3CCCCC3)n2C2CC2)cc1C. The first-order valence-electron chi connectivity index (χ1n) is 10.5. The first-order chi connectivity index (χ1) is 14.6. The van der Waals surface area contributed by atoms with Crippen LogP contribution >= 0.6 is 23.1 Å². The van der Waals surface area contributed by atoms with Crippen LogP contribution in [0.2, 0.25) is 0 Å². The number of carbonyl (C=O) groups excluding carboxylic acids is 2. The van der Waals surface area contributed by atoms with Crippen LogP contribution in [0.1, 0.15) is 60.3 Å². The first kappa shape index (κ1) is 21.2. The Hall–Kier alpha value is -2.07. The number of amides is 1. The van der Waals surface area contributed by atoms with Gasteiger partial charge in [0.2, 0.25) is 11.9 Å². The number of thioether (sulfide) groups is 1. The van der Waals surface area contributed by atoms with Crippen LogP contribution in [0.25, 0.3) is 0 Å². The van der Waals surface area contributed by atoms with Gasteiger partial charge in [-0.15, -0.1) is 21.5 Å². The first-order valence-corrected chi connectivity index (χ1v) is 12.3. The van der Waals surface area contributed by atoms with Crippen molar-refractivity contribution in [3.8, 4) is 0 Å². The number of nitrogens with one attached hydrogen (secondary N) is 1. The van der Waals surface area contributed by atoms with E-state index in [0.29, 0.717) is 22.5 Å². The molecule has 0 aromatic carbocycles. The number of aromatic nitrogens is 3. The summed E-state index contributed by atoms with van der Waals surface area (Å²) in [6.07, 6.45) is 5.94. The Labute approximate surface area is 184 Å². The zero-order valence-electron chi connectivity index (χ0n) is 17.3. The van der Waals surface area contributed by atoms with Gasteiger partial charge in [0.05, 0.1) is 17.4 Å². The Kier molecular flexibility index (Phi) is 6.62. The molecule has 0 unspecified atom stereocenters. The number of aryl methyl sites for hydroxylation is 1. The number of anilines is 2. The van der Waals surface area contributed by atoms with E-state index in [0.717, 1.165) is 42.6 Å². The second-order valence-electron chi connectivity index (χ2n) is 7.61. The van der Waals surface area contributed by atoms with E-state index in [9.17, 15) is 9.59 Å². The van der Waals surface area contributed by atoms with Gasteiger partial charge in [0.25, 0.3) is 0 Å². The molecule has 8 nitrogen and oxygen atoms in total. The minimum absolute atomic E-state index is 0.124. The van der Waals surface area contributed by atoms with Crippen molar-refractivity contribution < 1.29 is 14.3 Å². The van der Waals surface area contributed by atoms with Crippen molar-refractivity contribution >= 4 is 45.9 Å². The maximum absolute atomic E-state index is 12.5. The zero-order chi connectivity index (χ0) is 21.1. The van der Waals surface area contributed by atoms with Crippen LogP contribution in [0.3, 0.4) is 0 Å². The summed E-state index contributed by atoms with van der Waals surface area (Å²) in [5.41, 5.74) is 0.807. The van der Waals surface area contributed by atoms with Gasteiger partial charge in [0, 0.05) is 19.1 Å². The quantitative estimate of drug-likeness (QED) is 0.483. The fourth-order valence-electron chi connectivity index (χ4n) is 3.58. The normalized spacial score (nSPS) is 16.5. The second-order valence-corrected chi connectivity index (χ2v) is 9.61. The highest BCUT2D eigenvalue weighted by atomic mass is 32.2. The third-order valence-electron chi connectivity index (χ3n) is 5.17. The van der Waals surface area contributed by atoms with Crippen LogP contribution in [0, 0.1) is 6.92 Å². The Morgan fingerprint density at radius 3 is 2.73 bits per heavy atom. The predicted octanol–water partition coefficient (Wildman–Crippen LogP) is 3.88. The lowest BCUT2D eigenvalue weighted by atomic mass is 10.1. The molecule has 0 bridgehead atoms. The predicted molar refractivity (Wildman–Crippen MR) is 119 cm³/mol. The van der Waals surface area contributed by atoms with E-state index >= 15 is 0 Å². The molecule has 1 amide bonds. The number of nitrogens with zero attached hydrogens (tertiary/aromatic N) is 4. The molecule has 10 heteroatoms. The highest BCUT2D eigenvalue weighted by Gasteiger charge is 2.32. The van der Waals surface area contributed by atoms with E-state index in [1.54, 1.807) is 13.0 Å². The Bertz CT molecular complexity index is 916. The van der Waals surface area contributed by atoms with Crippen LogP contribution in [0.4, 0.5) is 10.9 Å². The number of ether oxygens (including phenoxy) is 1. The van der Waals surface area contributed by atoms with Crippen LogP contribution < -0.4 is 10.2 Å². The molecule has 0 radical (unpaired) electrons. The van der Waals surface area contributed by atoms with E-state index in [2.05, 4.69) is 25.0 Å². The van der Waals surface area contributed by atoms with Crippen molar-refractivity contribution in [3.63, 3.8) is 0 Å².